The number of nitrogens with one attached hydrogen (secondary N) is 2. The van der Waals surface area contributed by atoms with E-state index in [-0.39, 0.29) is 17.3 Å². The highest BCUT2D eigenvalue weighted by molar-refractivity contribution is 5.79. The van der Waals surface area contributed by atoms with Crippen LogP contribution in [0.25, 0.3) is 5.69 Å². The Morgan fingerprint density at radius 1 is 1.33 bits per heavy atom. The lowest BCUT2D eigenvalue weighted by Gasteiger charge is -2.40. The number of rotatable bonds is 5. The molecule has 0 bridgehead atoms. The molecule has 0 amide bonds. The van der Waals surface area contributed by atoms with Gasteiger partial charge in [-0.25, -0.2) is 9.37 Å². The number of hydrogen-bond donors (Lipinski definition) is 2. The van der Waals surface area contributed by atoms with Gasteiger partial charge in [-0.15, -0.1) is 0 Å². The average Bonchev–Trinajstić information content (AvgIpc) is 3.13. The molecule has 3 rings (SSSR count). The molecule has 0 spiro atoms. The summed E-state index contributed by atoms with van der Waals surface area (Å²) in [5, 5.41) is 6.70. The molecule has 0 aliphatic carbocycles. The molecule has 1 saturated heterocycles. The second-order valence-corrected chi connectivity index (χ2v) is 9.00. The van der Waals surface area contributed by atoms with Crippen LogP contribution in [0.4, 0.5) is 4.39 Å². The van der Waals surface area contributed by atoms with Crippen LogP contribution in [0.5, 0.6) is 0 Å². The van der Waals surface area contributed by atoms with E-state index in [0.29, 0.717) is 24.1 Å². The smallest absolute Gasteiger partial charge is 0.191 e. The minimum Gasteiger partial charge on any atom is -0.377 e. The van der Waals surface area contributed by atoms with E-state index < -0.39 is 0 Å². The van der Waals surface area contributed by atoms with E-state index in [9.17, 15) is 4.39 Å². The third kappa shape index (κ3) is 5.39. The number of halogens is 1. The van der Waals surface area contributed by atoms with E-state index in [1.165, 1.54) is 0 Å². The van der Waals surface area contributed by atoms with Crippen LogP contribution in [0.15, 0.2) is 35.6 Å². The van der Waals surface area contributed by atoms with Gasteiger partial charge in [0.25, 0.3) is 0 Å². The average molecular weight is 416 g/mol. The van der Waals surface area contributed by atoms with Crippen molar-refractivity contribution >= 4 is 5.96 Å². The van der Waals surface area contributed by atoms with Gasteiger partial charge in [-0.1, -0.05) is 26.8 Å². The lowest BCUT2D eigenvalue weighted by molar-refractivity contribution is -0.0835. The van der Waals surface area contributed by atoms with Crippen molar-refractivity contribution in [3.8, 4) is 5.69 Å². The van der Waals surface area contributed by atoms with E-state index in [1.807, 2.05) is 13.0 Å². The predicted octanol–water partition coefficient (Wildman–Crippen LogP) is 3.83. The fraction of sp³-hybridized carbons (Fsp3) is 0.565. The molecular formula is C23H34FN5O. The summed E-state index contributed by atoms with van der Waals surface area (Å²) in [5.41, 5.74) is 1.46. The Morgan fingerprint density at radius 2 is 2.13 bits per heavy atom. The van der Waals surface area contributed by atoms with Crippen molar-refractivity contribution in [1.82, 2.24) is 20.2 Å². The SMILES string of the molecule is CN=C(NCc1ccc(-n2ccnc2C)c(F)c1)NCC1CCCOC1C(C)(C)C. The fourth-order valence-corrected chi connectivity index (χ4v) is 4.13. The van der Waals surface area contributed by atoms with E-state index in [2.05, 4.69) is 41.4 Å². The molecule has 1 aliphatic heterocycles. The number of guanidine groups is 1. The number of nitrogens with zero attached hydrogens (tertiary/aromatic N) is 3. The molecule has 2 heterocycles. The first-order chi connectivity index (χ1) is 14.3. The number of aliphatic imine (C=N–C) groups is 1. The monoisotopic (exact) mass is 415 g/mol. The normalized spacial score (nSPS) is 20.3. The summed E-state index contributed by atoms with van der Waals surface area (Å²) >= 11 is 0. The summed E-state index contributed by atoms with van der Waals surface area (Å²) in [4.78, 5) is 8.47. The fourth-order valence-electron chi connectivity index (χ4n) is 4.13. The Balaban J connectivity index is 1.57. The van der Waals surface area contributed by atoms with Crippen LogP contribution in [0, 0.1) is 24.1 Å². The highest BCUT2D eigenvalue weighted by Gasteiger charge is 2.35. The maximum absolute atomic E-state index is 14.6. The molecule has 30 heavy (non-hydrogen) atoms. The Morgan fingerprint density at radius 3 is 2.77 bits per heavy atom. The summed E-state index contributed by atoms with van der Waals surface area (Å²) < 4.78 is 22.4. The number of hydrogen-bond acceptors (Lipinski definition) is 3. The van der Waals surface area contributed by atoms with Crippen LogP contribution in [-0.4, -0.2) is 41.8 Å². The lowest BCUT2D eigenvalue weighted by atomic mass is 9.78. The van der Waals surface area contributed by atoms with Crippen molar-refractivity contribution in [1.29, 1.82) is 0 Å². The highest BCUT2D eigenvalue weighted by atomic mass is 19.1. The molecule has 2 N–H and O–H groups in total. The van der Waals surface area contributed by atoms with Crippen molar-refractivity contribution in [2.45, 2.75) is 53.2 Å². The molecule has 1 aromatic carbocycles. The molecule has 2 unspecified atom stereocenters. The van der Waals surface area contributed by atoms with E-state index in [0.717, 1.165) is 37.4 Å². The zero-order chi connectivity index (χ0) is 21.7. The molecule has 1 aromatic heterocycles. The molecule has 1 fully saturated rings. The molecule has 6 nitrogen and oxygen atoms in total. The van der Waals surface area contributed by atoms with Gasteiger partial charge in [-0.3, -0.25) is 4.99 Å². The molecule has 2 atom stereocenters. The predicted molar refractivity (Wildman–Crippen MR) is 118 cm³/mol. The lowest BCUT2D eigenvalue weighted by Crippen LogP contribution is -2.47. The van der Waals surface area contributed by atoms with Crippen LogP contribution in [0.1, 0.15) is 45.0 Å². The quantitative estimate of drug-likeness (QED) is 0.576. The van der Waals surface area contributed by atoms with E-state index in [4.69, 9.17) is 4.74 Å². The molecule has 7 heteroatoms. The van der Waals surface area contributed by atoms with Crippen LogP contribution in [0.2, 0.25) is 0 Å². The van der Waals surface area contributed by atoms with E-state index in [1.54, 1.807) is 36.1 Å². The minimum atomic E-state index is -0.272. The summed E-state index contributed by atoms with van der Waals surface area (Å²) in [6.07, 6.45) is 5.89. The van der Waals surface area contributed by atoms with Gasteiger partial charge < -0.3 is 19.9 Å². The first-order valence-electron chi connectivity index (χ1n) is 10.6. The van der Waals surface area contributed by atoms with Crippen molar-refractivity contribution in [3.63, 3.8) is 0 Å². The summed E-state index contributed by atoms with van der Waals surface area (Å²) in [6, 6.07) is 5.26. The highest BCUT2D eigenvalue weighted by Crippen LogP contribution is 2.33. The van der Waals surface area contributed by atoms with Gasteiger partial charge in [0, 0.05) is 45.1 Å². The second kappa shape index (κ2) is 9.60. The van der Waals surface area contributed by atoms with Crippen LogP contribution >= 0.6 is 0 Å². The topological polar surface area (TPSA) is 63.5 Å². The van der Waals surface area contributed by atoms with Gasteiger partial charge in [0.05, 0.1) is 11.8 Å². The Labute approximate surface area is 179 Å². The van der Waals surface area contributed by atoms with Crippen LogP contribution in [-0.2, 0) is 11.3 Å². The Bertz CT molecular complexity index is 871. The number of benzene rings is 1. The van der Waals surface area contributed by atoms with Crippen molar-refractivity contribution in [3.05, 3.63) is 47.8 Å². The van der Waals surface area contributed by atoms with Crippen molar-refractivity contribution in [2.24, 2.45) is 16.3 Å². The molecule has 2 aromatic rings. The zero-order valence-electron chi connectivity index (χ0n) is 18.7. The maximum Gasteiger partial charge on any atom is 0.191 e. The summed E-state index contributed by atoms with van der Waals surface area (Å²) in [7, 11) is 1.75. The molecular weight excluding hydrogens is 381 g/mol. The summed E-state index contributed by atoms with van der Waals surface area (Å²) in [6.45, 7) is 10.7. The number of aryl methyl sites for hydroxylation is 1. The third-order valence-electron chi connectivity index (χ3n) is 5.61. The second-order valence-electron chi connectivity index (χ2n) is 9.00. The molecule has 1 aliphatic rings. The molecule has 0 saturated carbocycles. The third-order valence-corrected chi connectivity index (χ3v) is 5.61. The first kappa shape index (κ1) is 22.3. The van der Waals surface area contributed by atoms with Gasteiger partial charge in [0.2, 0.25) is 0 Å². The van der Waals surface area contributed by atoms with Gasteiger partial charge in [0.1, 0.15) is 11.6 Å². The first-order valence-corrected chi connectivity index (χ1v) is 10.6. The van der Waals surface area contributed by atoms with Gasteiger partial charge in [-0.05, 0) is 42.9 Å². The number of aromatic nitrogens is 2. The molecule has 0 radical (unpaired) electrons. The van der Waals surface area contributed by atoms with Crippen LogP contribution in [0.3, 0.4) is 0 Å². The minimum absolute atomic E-state index is 0.108. The van der Waals surface area contributed by atoms with Crippen molar-refractivity contribution < 1.29 is 9.13 Å². The number of ether oxygens (including phenoxy) is 1. The van der Waals surface area contributed by atoms with E-state index >= 15 is 0 Å². The maximum atomic E-state index is 14.6. The number of imidazole rings is 1. The van der Waals surface area contributed by atoms with Crippen molar-refractivity contribution in [2.75, 3.05) is 20.2 Å². The summed E-state index contributed by atoms with van der Waals surface area (Å²) in [5.74, 6) is 1.63. The van der Waals surface area contributed by atoms with Gasteiger partial charge in [0.15, 0.2) is 5.96 Å². The van der Waals surface area contributed by atoms with Gasteiger partial charge in [-0.2, -0.15) is 0 Å². The van der Waals surface area contributed by atoms with Crippen LogP contribution < -0.4 is 10.6 Å². The Kier molecular flexibility index (Phi) is 7.13. The Hall–Kier alpha value is -2.41. The largest absolute Gasteiger partial charge is 0.377 e. The molecule has 164 valence electrons. The van der Waals surface area contributed by atoms with Gasteiger partial charge >= 0.3 is 0 Å². The standard InChI is InChI=1S/C23H34FN5O/c1-16-26-10-11-29(16)20-9-8-17(13-19(20)24)14-27-22(25-5)28-15-18-7-6-12-30-21(18)23(2,3)4/h8-11,13,18,21H,6-7,12,14-15H2,1-5H3,(H2,25,27,28). The zero-order valence-corrected chi connectivity index (χ0v) is 18.7.